The van der Waals surface area contributed by atoms with Gasteiger partial charge in [-0.1, -0.05) is 0 Å². The molecule has 0 fully saturated rings. The molecule has 0 spiro atoms. The minimum atomic E-state index is -0.826. The Hall–Kier alpha value is -2.01. The second kappa shape index (κ2) is 5.10. The Kier molecular flexibility index (Phi) is 3.53. The van der Waals surface area contributed by atoms with E-state index in [0.717, 1.165) is 17.0 Å². The number of thiol groups is 1. The molecule has 0 bridgehead atoms. The zero-order valence-corrected chi connectivity index (χ0v) is 10.1. The fourth-order valence-corrected chi connectivity index (χ4v) is 1.55. The van der Waals surface area contributed by atoms with Gasteiger partial charge in [-0.25, -0.2) is 4.39 Å². The second-order valence-electron chi connectivity index (χ2n) is 3.67. The third-order valence-electron chi connectivity index (χ3n) is 2.34. The zero-order chi connectivity index (χ0) is 13.1. The van der Waals surface area contributed by atoms with Crippen molar-refractivity contribution in [1.29, 1.82) is 0 Å². The summed E-state index contributed by atoms with van der Waals surface area (Å²) in [7, 11) is 0. The molecule has 2 aromatic carbocycles. The van der Waals surface area contributed by atoms with Crippen molar-refractivity contribution in [3.8, 4) is 5.75 Å². The van der Waals surface area contributed by atoms with Gasteiger partial charge in [0.1, 0.15) is 0 Å². The van der Waals surface area contributed by atoms with E-state index in [1.807, 2.05) is 0 Å². The number of rotatable bonds is 2. The maximum Gasteiger partial charge on any atom is 0.255 e. The fourth-order valence-electron chi connectivity index (χ4n) is 1.40. The highest BCUT2D eigenvalue weighted by Gasteiger charge is 2.09. The molecule has 18 heavy (non-hydrogen) atoms. The smallest absolute Gasteiger partial charge is 0.255 e. The average Bonchev–Trinajstić information content (AvgIpc) is 2.35. The van der Waals surface area contributed by atoms with E-state index in [4.69, 9.17) is 5.11 Å². The molecule has 0 heterocycles. The van der Waals surface area contributed by atoms with Crippen LogP contribution in [0.2, 0.25) is 0 Å². The monoisotopic (exact) mass is 263 g/mol. The summed E-state index contributed by atoms with van der Waals surface area (Å²) in [6.07, 6.45) is 0. The first-order valence-corrected chi connectivity index (χ1v) is 5.60. The molecule has 0 aromatic heterocycles. The topological polar surface area (TPSA) is 49.3 Å². The summed E-state index contributed by atoms with van der Waals surface area (Å²) in [6.45, 7) is 0. The number of anilines is 1. The normalized spacial score (nSPS) is 10.1. The molecular weight excluding hydrogens is 253 g/mol. The predicted molar refractivity (Wildman–Crippen MR) is 69.7 cm³/mol. The van der Waals surface area contributed by atoms with E-state index in [2.05, 4.69) is 17.9 Å². The van der Waals surface area contributed by atoms with E-state index in [1.54, 1.807) is 24.3 Å². The highest BCUT2D eigenvalue weighted by molar-refractivity contribution is 7.80. The van der Waals surface area contributed by atoms with Crippen LogP contribution in [0.3, 0.4) is 0 Å². The number of carbonyl (C=O) groups is 1. The van der Waals surface area contributed by atoms with Gasteiger partial charge in [-0.05, 0) is 42.5 Å². The Bertz CT molecular complexity index is 584. The minimum Gasteiger partial charge on any atom is -0.505 e. The van der Waals surface area contributed by atoms with Crippen molar-refractivity contribution in [2.45, 2.75) is 4.90 Å². The van der Waals surface area contributed by atoms with E-state index >= 15 is 0 Å². The van der Waals surface area contributed by atoms with Gasteiger partial charge in [0.15, 0.2) is 11.6 Å². The summed E-state index contributed by atoms with van der Waals surface area (Å²) in [4.78, 5) is 12.6. The molecule has 3 nitrogen and oxygen atoms in total. The van der Waals surface area contributed by atoms with Gasteiger partial charge >= 0.3 is 0 Å². The fraction of sp³-hybridized carbons (Fsp3) is 0. The number of amides is 1. The molecule has 0 aliphatic heterocycles. The molecule has 2 rings (SSSR count). The van der Waals surface area contributed by atoms with Crippen LogP contribution < -0.4 is 5.32 Å². The molecule has 0 aliphatic carbocycles. The van der Waals surface area contributed by atoms with Crippen LogP contribution in [-0.2, 0) is 0 Å². The third-order valence-corrected chi connectivity index (χ3v) is 2.63. The van der Waals surface area contributed by atoms with Gasteiger partial charge in [0.2, 0.25) is 0 Å². The van der Waals surface area contributed by atoms with Crippen LogP contribution in [-0.4, -0.2) is 11.0 Å². The maximum absolute atomic E-state index is 13.1. The average molecular weight is 263 g/mol. The molecule has 2 N–H and O–H groups in total. The standard InChI is InChI=1S/C13H10FNO2S/c14-11-7-8(1-6-12(11)16)13(17)15-9-2-4-10(18)5-3-9/h1-7,16,18H,(H,15,17). The van der Waals surface area contributed by atoms with Crippen molar-refractivity contribution in [3.05, 3.63) is 53.8 Å². The van der Waals surface area contributed by atoms with Gasteiger partial charge in [-0.2, -0.15) is 0 Å². The third kappa shape index (κ3) is 2.81. The molecule has 0 saturated heterocycles. The number of halogens is 1. The van der Waals surface area contributed by atoms with Gasteiger partial charge < -0.3 is 10.4 Å². The lowest BCUT2D eigenvalue weighted by molar-refractivity contribution is 0.102. The van der Waals surface area contributed by atoms with E-state index in [1.165, 1.54) is 6.07 Å². The molecular formula is C13H10FNO2S. The van der Waals surface area contributed by atoms with Gasteiger partial charge in [-0.15, -0.1) is 12.6 Å². The number of phenols is 1. The first-order chi connectivity index (χ1) is 8.56. The van der Waals surface area contributed by atoms with E-state index < -0.39 is 17.5 Å². The van der Waals surface area contributed by atoms with Crippen molar-refractivity contribution in [3.63, 3.8) is 0 Å². The SMILES string of the molecule is O=C(Nc1ccc(S)cc1)c1ccc(O)c(F)c1. The lowest BCUT2D eigenvalue weighted by Crippen LogP contribution is -2.11. The maximum atomic E-state index is 13.1. The number of benzene rings is 2. The molecule has 0 aliphatic rings. The molecule has 5 heteroatoms. The van der Waals surface area contributed by atoms with Crippen molar-refractivity contribution >= 4 is 24.2 Å². The number of phenolic OH excluding ortho intramolecular Hbond substituents is 1. The predicted octanol–water partition coefficient (Wildman–Crippen LogP) is 3.07. The quantitative estimate of drug-likeness (QED) is 0.729. The summed E-state index contributed by atoms with van der Waals surface area (Å²) in [5.41, 5.74) is 0.728. The number of nitrogens with one attached hydrogen (secondary N) is 1. The molecule has 0 saturated carbocycles. The van der Waals surface area contributed by atoms with Gasteiger partial charge in [0.05, 0.1) is 0 Å². The number of hydrogen-bond acceptors (Lipinski definition) is 3. The van der Waals surface area contributed by atoms with Crippen LogP contribution in [0.15, 0.2) is 47.4 Å². The van der Waals surface area contributed by atoms with E-state index in [-0.39, 0.29) is 5.56 Å². The van der Waals surface area contributed by atoms with Crippen molar-refractivity contribution in [2.24, 2.45) is 0 Å². The largest absolute Gasteiger partial charge is 0.505 e. The summed E-state index contributed by atoms with van der Waals surface area (Å²) in [5.74, 6) is -1.75. The van der Waals surface area contributed by atoms with Gasteiger partial charge in [0, 0.05) is 16.1 Å². The first kappa shape index (κ1) is 12.4. The molecule has 1 amide bonds. The highest BCUT2D eigenvalue weighted by atomic mass is 32.1. The number of carbonyl (C=O) groups excluding carboxylic acids is 1. The van der Waals surface area contributed by atoms with Gasteiger partial charge in [-0.3, -0.25) is 4.79 Å². The minimum absolute atomic E-state index is 0.139. The Morgan fingerprint density at radius 1 is 1.17 bits per heavy atom. The summed E-state index contributed by atoms with van der Waals surface area (Å²) in [5, 5.41) is 11.6. The lowest BCUT2D eigenvalue weighted by atomic mass is 10.2. The van der Waals surface area contributed by atoms with Crippen LogP contribution in [0.25, 0.3) is 0 Å². The van der Waals surface area contributed by atoms with Crippen molar-refractivity contribution in [2.75, 3.05) is 5.32 Å². The lowest BCUT2D eigenvalue weighted by Gasteiger charge is -2.06. The van der Waals surface area contributed by atoms with E-state index in [0.29, 0.717) is 5.69 Å². The Labute approximate surface area is 109 Å². The molecule has 0 unspecified atom stereocenters. The molecule has 0 atom stereocenters. The van der Waals surface area contributed by atoms with Crippen LogP contribution in [0.1, 0.15) is 10.4 Å². The highest BCUT2D eigenvalue weighted by Crippen LogP contribution is 2.18. The van der Waals surface area contributed by atoms with Crippen LogP contribution in [0.4, 0.5) is 10.1 Å². The summed E-state index contributed by atoms with van der Waals surface area (Å²) < 4.78 is 13.1. The van der Waals surface area contributed by atoms with E-state index in [9.17, 15) is 9.18 Å². The Morgan fingerprint density at radius 2 is 1.83 bits per heavy atom. The second-order valence-corrected chi connectivity index (χ2v) is 4.18. The molecule has 92 valence electrons. The number of aromatic hydroxyl groups is 1. The molecule has 2 aromatic rings. The van der Waals surface area contributed by atoms with Crippen molar-refractivity contribution < 1.29 is 14.3 Å². The van der Waals surface area contributed by atoms with Crippen LogP contribution >= 0.6 is 12.6 Å². The van der Waals surface area contributed by atoms with Crippen LogP contribution in [0, 0.1) is 5.82 Å². The Balaban J connectivity index is 2.16. The summed E-state index contributed by atoms with van der Waals surface area (Å²) in [6, 6.07) is 10.3. The first-order valence-electron chi connectivity index (χ1n) is 5.15. The van der Waals surface area contributed by atoms with Gasteiger partial charge in [0.25, 0.3) is 5.91 Å². The molecule has 0 radical (unpaired) electrons. The Morgan fingerprint density at radius 3 is 2.44 bits per heavy atom. The van der Waals surface area contributed by atoms with Crippen LogP contribution in [0.5, 0.6) is 5.75 Å². The van der Waals surface area contributed by atoms with Crippen molar-refractivity contribution in [1.82, 2.24) is 0 Å². The summed E-state index contributed by atoms with van der Waals surface area (Å²) >= 11 is 4.13. The zero-order valence-electron chi connectivity index (χ0n) is 9.22. The number of hydrogen-bond donors (Lipinski definition) is 3.